The average molecular weight is 255 g/mol. The Kier molecular flexibility index (Phi) is 3.24. The smallest absolute Gasteiger partial charge is 0.267 e. The van der Waals surface area contributed by atoms with Crippen LogP contribution in [0.1, 0.15) is 27.3 Å². The van der Waals surface area contributed by atoms with E-state index in [-0.39, 0.29) is 11.4 Å². The summed E-state index contributed by atoms with van der Waals surface area (Å²) in [6.45, 7) is 1.84. The zero-order valence-electron chi connectivity index (χ0n) is 10.3. The van der Waals surface area contributed by atoms with Crippen molar-refractivity contribution in [1.82, 2.24) is 9.97 Å². The molecule has 0 fully saturated rings. The molecular formula is C13H13N5O. The molecule has 6 heteroatoms. The highest BCUT2D eigenvalue weighted by Gasteiger charge is 2.12. The van der Waals surface area contributed by atoms with Crippen LogP contribution in [-0.2, 0) is 0 Å². The van der Waals surface area contributed by atoms with E-state index in [2.05, 4.69) is 9.97 Å². The molecule has 2 heterocycles. The van der Waals surface area contributed by atoms with Gasteiger partial charge in [0.1, 0.15) is 5.69 Å². The minimum Gasteiger partial charge on any atom is -0.398 e. The van der Waals surface area contributed by atoms with E-state index >= 15 is 0 Å². The van der Waals surface area contributed by atoms with Gasteiger partial charge in [0.25, 0.3) is 5.91 Å². The molecule has 0 aliphatic heterocycles. The quantitative estimate of drug-likeness (QED) is 0.705. The van der Waals surface area contributed by atoms with Crippen LogP contribution in [0, 0.1) is 12.3 Å². The van der Waals surface area contributed by atoms with Crippen LogP contribution in [0.3, 0.4) is 0 Å². The number of hydrogen-bond acceptors (Lipinski definition) is 5. The van der Waals surface area contributed by atoms with Crippen LogP contribution in [0.15, 0.2) is 30.6 Å². The van der Waals surface area contributed by atoms with Crippen LogP contribution in [-0.4, -0.2) is 21.6 Å². The van der Waals surface area contributed by atoms with E-state index in [1.807, 2.05) is 6.92 Å². The van der Waals surface area contributed by atoms with Gasteiger partial charge >= 0.3 is 0 Å². The number of rotatable bonds is 3. The van der Waals surface area contributed by atoms with E-state index in [1.54, 1.807) is 18.3 Å². The molecule has 19 heavy (non-hydrogen) atoms. The third-order valence-corrected chi connectivity index (χ3v) is 2.64. The Balaban J connectivity index is 2.42. The maximum atomic E-state index is 11.0. The second kappa shape index (κ2) is 4.85. The molecule has 0 saturated heterocycles. The summed E-state index contributed by atoms with van der Waals surface area (Å²) in [6.07, 6.45) is 3.01. The first-order chi connectivity index (χ1) is 8.99. The minimum atomic E-state index is -0.649. The fraction of sp³-hybridized carbons (Fsp3) is 0.0769. The second-order valence-corrected chi connectivity index (χ2v) is 4.08. The van der Waals surface area contributed by atoms with Gasteiger partial charge in [-0.25, -0.2) is 0 Å². The van der Waals surface area contributed by atoms with Crippen molar-refractivity contribution in [1.29, 1.82) is 5.41 Å². The summed E-state index contributed by atoms with van der Waals surface area (Å²) in [5, 5.41) is 8.12. The van der Waals surface area contributed by atoms with Gasteiger partial charge in [-0.15, -0.1) is 0 Å². The van der Waals surface area contributed by atoms with Gasteiger partial charge in [0.05, 0.1) is 5.71 Å². The standard InChI is InChI=1S/C13H13N5O/c1-7-4-8(2-3-17-7)12(15)9-6-18-11(13(16)19)5-10(9)14/h2-6,15H,1H3,(H2,14,18)(H2,16,19). The number of carbonyl (C=O) groups excluding carboxylic acids is 1. The number of nitrogens with zero attached hydrogens (tertiary/aromatic N) is 2. The molecule has 0 saturated carbocycles. The number of anilines is 1. The van der Waals surface area contributed by atoms with Crippen molar-refractivity contribution in [2.75, 3.05) is 5.73 Å². The number of hydrogen-bond donors (Lipinski definition) is 3. The molecule has 0 radical (unpaired) electrons. The summed E-state index contributed by atoms with van der Waals surface area (Å²) in [4.78, 5) is 19.0. The summed E-state index contributed by atoms with van der Waals surface area (Å²) in [7, 11) is 0. The van der Waals surface area contributed by atoms with Crippen LogP contribution < -0.4 is 11.5 Å². The highest BCUT2D eigenvalue weighted by atomic mass is 16.1. The zero-order chi connectivity index (χ0) is 14.0. The fourth-order valence-electron chi connectivity index (χ4n) is 1.67. The van der Waals surface area contributed by atoms with Crippen molar-refractivity contribution in [2.24, 2.45) is 5.73 Å². The van der Waals surface area contributed by atoms with Gasteiger partial charge in [-0.2, -0.15) is 0 Å². The third-order valence-electron chi connectivity index (χ3n) is 2.64. The van der Waals surface area contributed by atoms with Crippen molar-refractivity contribution < 1.29 is 4.79 Å². The van der Waals surface area contributed by atoms with Gasteiger partial charge in [0.15, 0.2) is 0 Å². The van der Waals surface area contributed by atoms with Gasteiger partial charge in [-0.05, 0) is 25.1 Å². The van der Waals surface area contributed by atoms with Gasteiger partial charge < -0.3 is 11.5 Å². The van der Waals surface area contributed by atoms with Gasteiger partial charge in [0, 0.05) is 34.9 Å². The largest absolute Gasteiger partial charge is 0.398 e. The van der Waals surface area contributed by atoms with Crippen LogP contribution in [0.25, 0.3) is 0 Å². The van der Waals surface area contributed by atoms with E-state index < -0.39 is 5.91 Å². The summed E-state index contributed by atoms with van der Waals surface area (Å²) in [6, 6.07) is 4.88. The molecule has 5 N–H and O–H groups in total. The Morgan fingerprint density at radius 3 is 2.63 bits per heavy atom. The predicted molar refractivity (Wildman–Crippen MR) is 72.1 cm³/mol. The number of aryl methyl sites for hydroxylation is 1. The summed E-state index contributed by atoms with van der Waals surface area (Å²) < 4.78 is 0. The van der Waals surface area contributed by atoms with Crippen LogP contribution in [0.4, 0.5) is 5.69 Å². The Hall–Kier alpha value is -2.76. The molecule has 96 valence electrons. The van der Waals surface area contributed by atoms with E-state index in [0.29, 0.717) is 16.8 Å². The van der Waals surface area contributed by atoms with Crippen molar-refractivity contribution in [3.63, 3.8) is 0 Å². The van der Waals surface area contributed by atoms with Crippen molar-refractivity contribution >= 4 is 17.3 Å². The van der Waals surface area contributed by atoms with Crippen LogP contribution in [0.2, 0.25) is 0 Å². The highest BCUT2D eigenvalue weighted by molar-refractivity contribution is 6.14. The van der Waals surface area contributed by atoms with E-state index in [0.717, 1.165) is 5.69 Å². The van der Waals surface area contributed by atoms with E-state index in [1.165, 1.54) is 12.3 Å². The molecular weight excluding hydrogens is 242 g/mol. The SMILES string of the molecule is Cc1cc(C(=N)c2cnc(C(N)=O)cc2N)ccn1. The monoisotopic (exact) mass is 255 g/mol. The summed E-state index contributed by atoms with van der Waals surface area (Å²) in [5.41, 5.74) is 13.5. The number of primary amides is 1. The Labute approximate surface area is 110 Å². The molecule has 0 aromatic carbocycles. The lowest BCUT2D eigenvalue weighted by molar-refractivity contribution is 0.0995. The molecule has 2 aromatic heterocycles. The van der Waals surface area contributed by atoms with Crippen molar-refractivity contribution in [2.45, 2.75) is 6.92 Å². The number of pyridine rings is 2. The molecule has 2 aromatic rings. The van der Waals surface area contributed by atoms with E-state index in [9.17, 15) is 4.79 Å². The normalized spacial score (nSPS) is 10.2. The highest BCUT2D eigenvalue weighted by Crippen LogP contribution is 2.16. The van der Waals surface area contributed by atoms with E-state index in [4.69, 9.17) is 16.9 Å². The molecule has 0 bridgehead atoms. The Bertz CT molecular complexity index is 666. The topological polar surface area (TPSA) is 119 Å². The van der Waals surface area contributed by atoms with Gasteiger partial charge in [0.2, 0.25) is 0 Å². The minimum absolute atomic E-state index is 0.0833. The number of nitrogen functional groups attached to an aromatic ring is 1. The fourth-order valence-corrected chi connectivity index (χ4v) is 1.67. The number of amides is 1. The first-order valence-corrected chi connectivity index (χ1v) is 5.56. The molecule has 6 nitrogen and oxygen atoms in total. The van der Waals surface area contributed by atoms with Gasteiger partial charge in [-0.1, -0.05) is 0 Å². The molecule has 0 atom stereocenters. The maximum Gasteiger partial charge on any atom is 0.267 e. The predicted octanol–water partition coefficient (Wildman–Crippen LogP) is 0.882. The summed E-state index contributed by atoms with van der Waals surface area (Å²) in [5.74, 6) is -0.649. The lowest BCUT2D eigenvalue weighted by atomic mass is 10.0. The number of nitrogens with one attached hydrogen (secondary N) is 1. The lowest BCUT2D eigenvalue weighted by Gasteiger charge is -2.08. The molecule has 2 rings (SSSR count). The summed E-state index contributed by atoms with van der Waals surface area (Å²) >= 11 is 0. The Morgan fingerprint density at radius 1 is 1.32 bits per heavy atom. The molecule has 0 aliphatic rings. The molecule has 0 unspecified atom stereocenters. The Morgan fingerprint density at radius 2 is 2.05 bits per heavy atom. The maximum absolute atomic E-state index is 11.0. The zero-order valence-corrected chi connectivity index (χ0v) is 10.3. The van der Waals surface area contributed by atoms with Gasteiger partial charge in [-0.3, -0.25) is 20.2 Å². The van der Waals surface area contributed by atoms with Crippen LogP contribution >= 0.6 is 0 Å². The first kappa shape index (κ1) is 12.7. The van der Waals surface area contributed by atoms with Crippen LogP contribution in [0.5, 0.6) is 0 Å². The average Bonchev–Trinajstić information content (AvgIpc) is 2.37. The number of aromatic nitrogens is 2. The number of carbonyl (C=O) groups is 1. The van der Waals surface area contributed by atoms with Crippen molar-refractivity contribution in [3.05, 3.63) is 53.1 Å². The first-order valence-electron chi connectivity index (χ1n) is 5.56. The number of nitrogens with two attached hydrogens (primary N) is 2. The lowest BCUT2D eigenvalue weighted by Crippen LogP contribution is -2.15. The third kappa shape index (κ3) is 2.57. The van der Waals surface area contributed by atoms with Crippen molar-refractivity contribution in [3.8, 4) is 0 Å². The molecule has 1 amide bonds. The molecule has 0 aliphatic carbocycles. The second-order valence-electron chi connectivity index (χ2n) is 4.08. The molecule has 0 spiro atoms.